The quantitative estimate of drug-likeness (QED) is 0.747. The number of benzene rings is 1. The summed E-state index contributed by atoms with van der Waals surface area (Å²) in [5, 5.41) is 6.48. The van der Waals surface area contributed by atoms with Crippen LogP contribution in [-0.4, -0.2) is 48.5 Å². The zero-order valence-electron chi connectivity index (χ0n) is 16.7. The highest BCUT2D eigenvalue weighted by atomic mass is 35.5. The summed E-state index contributed by atoms with van der Waals surface area (Å²) in [6, 6.07) is 12.9. The molecule has 3 rings (SSSR count). The Kier molecular flexibility index (Phi) is 8.90. The van der Waals surface area contributed by atoms with Crippen LogP contribution in [0.2, 0.25) is 0 Å². The molecule has 6 heteroatoms. The first-order valence-corrected chi connectivity index (χ1v) is 9.83. The molecule has 1 aliphatic rings. The molecule has 1 aromatic carbocycles. The maximum Gasteiger partial charge on any atom is 0.234 e. The van der Waals surface area contributed by atoms with E-state index >= 15 is 0 Å². The largest absolute Gasteiger partial charge is 0.355 e. The smallest absolute Gasteiger partial charge is 0.234 e. The molecule has 1 fully saturated rings. The van der Waals surface area contributed by atoms with Crippen molar-refractivity contribution in [3.05, 3.63) is 65.5 Å². The average Bonchev–Trinajstić information content (AvgIpc) is 2.69. The van der Waals surface area contributed by atoms with Crippen LogP contribution in [0, 0.1) is 0 Å². The van der Waals surface area contributed by atoms with Crippen molar-refractivity contribution < 1.29 is 4.79 Å². The van der Waals surface area contributed by atoms with E-state index in [4.69, 9.17) is 0 Å². The average molecular weight is 403 g/mol. The topological polar surface area (TPSA) is 57.3 Å². The Bertz CT molecular complexity index is 721. The van der Waals surface area contributed by atoms with Crippen LogP contribution >= 0.6 is 12.4 Å². The van der Waals surface area contributed by atoms with E-state index in [0.29, 0.717) is 19.0 Å². The molecule has 1 amide bonds. The highest BCUT2D eigenvalue weighted by molar-refractivity contribution is 5.85. The van der Waals surface area contributed by atoms with Gasteiger partial charge in [-0.3, -0.25) is 14.7 Å². The maximum atomic E-state index is 12.4. The summed E-state index contributed by atoms with van der Waals surface area (Å²) >= 11 is 0. The number of nitrogens with zero attached hydrogens (tertiary/aromatic N) is 2. The van der Waals surface area contributed by atoms with Crippen LogP contribution in [0.4, 0.5) is 0 Å². The second-order valence-electron chi connectivity index (χ2n) is 7.47. The standard InChI is InChI=1S/C22H30N4O.ClH/c1-17(2)19-7-5-18(6-8-19)9-11-25-22(27)16-26-13-12-24-15-21(26)20-4-3-10-23-14-20;/h3-8,10,14,17,21,24H,9,11-13,15-16H2,1-2H3,(H,25,27);1H. The number of piperazine rings is 1. The lowest BCUT2D eigenvalue weighted by Crippen LogP contribution is -2.49. The van der Waals surface area contributed by atoms with Gasteiger partial charge >= 0.3 is 0 Å². The second kappa shape index (κ2) is 11.1. The summed E-state index contributed by atoms with van der Waals surface area (Å²) in [6.45, 7) is 8.11. The number of rotatable bonds is 7. The summed E-state index contributed by atoms with van der Waals surface area (Å²) in [5.41, 5.74) is 3.76. The molecule has 2 N–H and O–H groups in total. The van der Waals surface area contributed by atoms with Crippen LogP contribution in [0.5, 0.6) is 0 Å². The Morgan fingerprint density at radius 1 is 1.29 bits per heavy atom. The number of amides is 1. The van der Waals surface area contributed by atoms with E-state index in [1.54, 1.807) is 6.20 Å². The molecule has 152 valence electrons. The van der Waals surface area contributed by atoms with E-state index in [-0.39, 0.29) is 24.4 Å². The predicted molar refractivity (Wildman–Crippen MR) is 116 cm³/mol. The van der Waals surface area contributed by atoms with Gasteiger partial charge in [0.1, 0.15) is 0 Å². The summed E-state index contributed by atoms with van der Waals surface area (Å²) < 4.78 is 0. The van der Waals surface area contributed by atoms with Gasteiger partial charge in [0.05, 0.1) is 6.54 Å². The molecule has 2 aromatic rings. The highest BCUT2D eigenvalue weighted by Crippen LogP contribution is 2.20. The summed E-state index contributed by atoms with van der Waals surface area (Å²) in [5.74, 6) is 0.634. The highest BCUT2D eigenvalue weighted by Gasteiger charge is 2.25. The first kappa shape index (κ1) is 22.3. The van der Waals surface area contributed by atoms with Crippen molar-refractivity contribution in [3.63, 3.8) is 0 Å². The number of hydrogen-bond acceptors (Lipinski definition) is 4. The maximum absolute atomic E-state index is 12.4. The third-order valence-electron chi connectivity index (χ3n) is 5.15. The van der Waals surface area contributed by atoms with Crippen LogP contribution in [0.1, 0.15) is 42.5 Å². The normalized spacial score (nSPS) is 17.2. The molecular weight excluding hydrogens is 372 g/mol. The lowest BCUT2D eigenvalue weighted by atomic mass is 10.0. The third kappa shape index (κ3) is 6.30. The van der Waals surface area contributed by atoms with E-state index in [1.165, 1.54) is 11.1 Å². The van der Waals surface area contributed by atoms with Crippen LogP contribution in [0.25, 0.3) is 0 Å². The van der Waals surface area contributed by atoms with E-state index in [2.05, 4.69) is 64.7 Å². The fourth-order valence-electron chi connectivity index (χ4n) is 3.49. The summed E-state index contributed by atoms with van der Waals surface area (Å²) in [6.07, 6.45) is 4.53. The van der Waals surface area contributed by atoms with Gasteiger partial charge in [-0.25, -0.2) is 0 Å². The zero-order valence-corrected chi connectivity index (χ0v) is 17.5. The molecule has 0 aliphatic carbocycles. The van der Waals surface area contributed by atoms with Crippen LogP contribution in [0.3, 0.4) is 0 Å². The Hall–Kier alpha value is -1.95. The van der Waals surface area contributed by atoms with Crippen molar-refractivity contribution in [1.29, 1.82) is 0 Å². The van der Waals surface area contributed by atoms with Gasteiger partial charge in [0, 0.05) is 44.6 Å². The molecule has 1 aliphatic heterocycles. The summed E-state index contributed by atoms with van der Waals surface area (Å²) in [7, 11) is 0. The fraction of sp³-hybridized carbons (Fsp3) is 0.455. The molecule has 2 heterocycles. The van der Waals surface area contributed by atoms with Gasteiger partial charge in [-0.2, -0.15) is 0 Å². The number of aromatic nitrogens is 1. The number of pyridine rings is 1. The van der Waals surface area contributed by atoms with Crippen molar-refractivity contribution in [1.82, 2.24) is 20.5 Å². The molecule has 0 radical (unpaired) electrons. The van der Waals surface area contributed by atoms with E-state index in [9.17, 15) is 4.79 Å². The van der Waals surface area contributed by atoms with Gasteiger partial charge < -0.3 is 10.6 Å². The number of hydrogen-bond donors (Lipinski definition) is 2. The van der Waals surface area contributed by atoms with Crippen LogP contribution in [0.15, 0.2) is 48.8 Å². The second-order valence-corrected chi connectivity index (χ2v) is 7.47. The molecule has 5 nitrogen and oxygen atoms in total. The molecule has 1 atom stereocenters. The molecule has 1 saturated heterocycles. The molecule has 28 heavy (non-hydrogen) atoms. The van der Waals surface area contributed by atoms with Crippen molar-refractivity contribution in [2.75, 3.05) is 32.7 Å². The molecule has 1 unspecified atom stereocenters. The number of halogens is 1. The molecule has 0 spiro atoms. The Labute approximate surface area is 174 Å². The lowest BCUT2D eigenvalue weighted by molar-refractivity contribution is -0.123. The summed E-state index contributed by atoms with van der Waals surface area (Å²) in [4.78, 5) is 18.9. The Balaban J connectivity index is 0.00000280. The van der Waals surface area contributed by atoms with Gasteiger partial charge in [-0.1, -0.05) is 44.2 Å². The third-order valence-corrected chi connectivity index (χ3v) is 5.15. The molecule has 0 saturated carbocycles. The number of nitrogens with one attached hydrogen (secondary N) is 2. The Morgan fingerprint density at radius 3 is 2.75 bits per heavy atom. The SMILES string of the molecule is CC(C)c1ccc(CCNC(=O)CN2CCNCC2c2cccnc2)cc1.Cl. The van der Waals surface area contributed by atoms with E-state index in [1.807, 2.05) is 12.3 Å². The van der Waals surface area contributed by atoms with Crippen LogP contribution in [-0.2, 0) is 11.2 Å². The van der Waals surface area contributed by atoms with Crippen molar-refractivity contribution in [3.8, 4) is 0 Å². The molecule has 0 bridgehead atoms. The van der Waals surface area contributed by atoms with Crippen LogP contribution < -0.4 is 10.6 Å². The molecular formula is C22H31ClN4O. The van der Waals surface area contributed by atoms with Crippen molar-refractivity contribution in [2.24, 2.45) is 0 Å². The van der Waals surface area contributed by atoms with Gasteiger partial charge in [0.25, 0.3) is 0 Å². The lowest BCUT2D eigenvalue weighted by Gasteiger charge is -2.35. The predicted octanol–water partition coefficient (Wildman–Crippen LogP) is 2.93. The Morgan fingerprint density at radius 2 is 2.07 bits per heavy atom. The van der Waals surface area contributed by atoms with E-state index in [0.717, 1.165) is 31.6 Å². The van der Waals surface area contributed by atoms with Gasteiger partial charge in [-0.15, -0.1) is 12.4 Å². The minimum atomic E-state index is 0. The van der Waals surface area contributed by atoms with Gasteiger partial charge in [0.2, 0.25) is 5.91 Å². The minimum Gasteiger partial charge on any atom is -0.355 e. The zero-order chi connectivity index (χ0) is 19.1. The fourth-order valence-corrected chi connectivity index (χ4v) is 3.49. The van der Waals surface area contributed by atoms with Gasteiger partial charge in [0.15, 0.2) is 0 Å². The minimum absolute atomic E-state index is 0. The first-order chi connectivity index (χ1) is 13.1. The monoisotopic (exact) mass is 402 g/mol. The number of carbonyl (C=O) groups is 1. The molecule has 1 aromatic heterocycles. The van der Waals surface area contributed by atoms with Crippen molar-refractivity contribution in [2.45, 2.75) is 32.2 Å². The number of carbonyl (C=O) groups excluding carboxylic acids is 1. The van der Waals surface area contributed by atoms with Gasteiger partial charge in [-0.05, 0) is 35.1 Å². The van der Waals surface area contributed by atoms with Crippen molar-refractivity contribution >= 4 is 18.3 Å². The van der Waals surface area contributed by atoms with E-state index < -0.39 is 0 Å². The first-order valence-electron chi connectivity index (χ1n) is 9.83.